The minimum absolute atomic E-state index is 0.0168. The summed E-state index contributed by atoms with van der Waals surface area (Å²) >= 11 is 0. The highest BCUT2D eigenvalue weighted by Gasteiger charge is 2.50. The summed E-state index contributed by atoms with van der Waals surface area (Å²) in [6.07, 6.45) is 11.5. The molecule has 2 aliphatic heterocycles. The number of aliphatic hydroxyl groups is 1. The molecule has 3 N–H and O–H groups in total. The minimum atomic E-state index is -0.340. The summed E-state index contributed by atoms with van der Waals surface area (Å²) in [5.74, 6) is 0.0763. The van der Waals surface area contributed by atoms with Gasteiger partial charge in [0.25, 0.3) is 5.56 Å². The summed E-state index contributed by atoms with van der Waals surface area (Å²) in [4.78, 5) is 26.5. The molecule has 30 heavy (non-hydrogen) atoms. The molecule has 1 amide bonds. The van der Waals surface area contributed by atoms with Crippen LogP contribution in [0.1, 0.15) is 68.7 Å². The largest absolute Gasteiger partial charge is 0.396 e. The highest BCUT2D eigenvalue weighted by molar-refractivity contribution is 5.80. The molecule has 2 aliphatic carbocycles. The van der Waals surface area contributed by atoms with Crippen molar-refractivity contribution < 1.29 is 9.90 Å². The molecule has 6 nitrogen and oxygen atoms in total. The molecule has 1 aromatic rings. The summed E-state index contributed by atoms with van der Waals surface area (Å²) in [6.45, 7) is 1.20. The van der Waals surface area contributed by atoms with Crippen molar-refractivity contribution in [3.05, 3.63) is 39.8 Å². The molecule has 2 fully saturated rings. The van der Waals surface area contributed by atoms with Crippen LogP contribution in [0, 0.1) is 17.8 Å². The Bertz CT molecular complexity index is 899. The molecule has 4 aliphatic rings. The fraction of sp³-hybridized carbons (Fsp3) is 0.667. The molecule has 6 heteroatoms. The predicted octanol–water partition coefficient (Wildman–Crippen LogP) is 2.36. The van der Waals surface area contributed by atoms with Gasteiger partial charge in [-0.05, 0) is 55.7 Å². The third-order valence-electron chi connectivity index (χ3n) is 7.83. The van der Waals surface area contributed by atoms with Crippen molar-refractivity contribution in [1.29, 1.82) is 0 Å². The Hall–Kier alpha value is -1.92. The summed E-state index contributed by atoms with van der Waals surface area (Å²) in [5, 5.41) is 16.8. The van der Waals surface area contributed by atoms with Crippen molar-refractivity contribution in [3.8, 4) is 0 Å². The summed E-state index contributed by atoms with van der Waals surface area (Å²) < 4.78 is 1.86. The molecule has 0 radical (unpaired) electrons. The molecule has 1 saturated heterocycles. The number of nitrogens with zero attached hydrogens (tertiary/aromatic N) is 1. The van der Waals surface area contributed by atoms with Crippen molar-refractivity contribution in [1.82, 2.24) is 15.2 Å². The molecule has 0 aromatic carbocycles. The SMILES string of the molecule is O=C(NCC1CCCCC1)[C@@H]1[C@@H](CO)[C@@H]2Cn3c(ccc(C4=CCCC4)c3=O)[C@H]1N2. The van der Waals surface area contributed by atoms with E-state index in [0.717, 1.165) is 42.6 Å². The van der Waals surface area contributed by atoms with Crippen LogP contribution < -0.4 is 16.2 Å². The smallest absolute Gasteiger partial charge is 0.258 e. The second kappa shape index (κ2) is 8.31. The Morgan fingerprint density at radius 3 is 2.77 bits per heavy atom. The maximum Gasteiger partial charge on any atom is 0.258 e. The zero-order valence-electron chi connectivity index (χ0n) is 17.6. The van der Waals surface area contributed by atoms with Crippen LogP contribution in [0.3, 0.4) is 0 Å². The monoisotopic (exact) mass is 411 g/mol. The molecule has 3 heterocycles. The molecule has 0 unspecified atom stereocenters. The second-order valence-corrected chi connectivity index (χ2v) is 9.58. The van der Waals surface area contributed by atoms with Gasteiger partial charge >= 0.3 is 0 Å². The lowest BCUT2D eigenvalue weighted by molar-refractivity contribution is -0.127. The van der Waals surface area contributed by atoms with Crippen LogP contribution in [0.15, 0.2) is 23.0 Å². The Labute approximate surface area is 177 Å². The van der Waals surface area contributed by atoms with E-state index in [4.69, 9.17) is 0 Å². The van der Waals surface area contributed by atoms with Crippen LogP contribution in [-0.2, 0) is 11.3 Å². The van der Waals surface area contributed by atoms with Crippen molar-refractivity contribution in [2.45, 2.75) is 70.0 Å². The van der Waals surface area contributed by atoms with Gasteiger partial charge in [0.1, 0.15) is 0 Å². The molecule has 162 valence electrons. The first-order valence-corrected chi connectivity index (χ1v) is 11.7. The summed E-state index contributed by atoms with van der Waals surface area (Å²) in [7, 11) is 0. The Morgan fingerprint density at radius 2 is 2.03 bits per heavy atom. The van der Waals surface area contributed by atoms with Crippen LogP contribution in [0.2, 0.25) is 0 Å². The Kier molecular flexibility index (Phi) is 5.54. The molecule has 5 rings (SSSR count). The molecule has 4 atom stereocenters. The summed E-state index contributed by atoms with van der Waals surface area (Å²) in [6, 6.07) is 3.69. The van der Waals surface area contributed by atoms with Crippen molar-refractivity contribution >= 4 is 11.5 Å². The van der Waals surface area contributed by atoms with Gasteiger partial charge < -0.3 is 20.3 Å². The van der Waals surface area contributed by atoms with Crippen LogP contribution in [-0.4, -0.2) is 34.8 Å². The van der Waals surface area contributed by atoms with Gasteiger partial charge in [0.2, 0.25) is 5.91 Å². The lowest BCUT2D eigenvalue weighted by Crippen LogP contribution is -2.44. The predicted molar refractivity (Wildman–Crippen MR) is 116 cm³/mol. The number of nitrogens with one attached hydrogen (secondary N) is 2. The van der Waals surface area contributed by atoms with Gasteiger partial charge in [-0.1, -0.05) is 25.3 Å². The van der Waals surface area contributed by atoms with E-state index in [2.05, 4.69) is 16.7 Å². The van der Waals surface area contributed by atoms with Crippen LogP contribution in [0.4, 0.5) is 0 Å². The number of fused-ring (bicyclic) bond motifs is 4. The fourth-order valence-corrected chi connectivity index (χ4v) is 6.16. The highest BCUT2D eigenvalue weighted by Crippen LogP contribution is 2.41. The summed E-state index contributed by atoms with van der Waals surface area (Å²) in [5.41, 5.74) is 2.89. The lowest BCUT2D eigenvalue weighted by atomic mass is 9.85. The first-order chi connectivity index (χ1) is 14.7. The van der Waals surface area contributed by atoms with E-state index < -0.39 is 0 Å². The van der Waals surface area contributed by atoms with Gasteiger partial charge in [-0.2, -0.15) is 0 Å². The zero-order valence-corrected chi connectivity index (χ0v) is 17.6. The van der Waals surface area contributed by atoms with Crippen molar-refractivity contribution in [2.24, 2.45) is 17.8 Å². The average Bonchev–Trinajstić information content (AvgIpc) is 3.40. The van der Waals surface area contributed by atoms with E-state index in [1.165, 1.54) is 32.1 Å². The number of aromatic nitrogens is 1. The highest BCUT2D eigenvalue weighted by atomic mass is 16.3. The number of rotatable bonds is 5. The molecular formula is C24H33N3O3. The maximum atomic E-state index is 13.3. The van der Waals surface area contributed by atoms with E-state index in [-0.39, 0.29) is 42.0 Å². The van der Waals surface area contributed by atoms with E-state index in [1.807, 2.05) is 16.7 Å². The number of carbonyl (C=O) groups is 1. The average molecular weight is 412 g/mol. The van der Waals surface area contributed by atoms with E-state index in [9.17, 15) is 14.7 Å². The molecule has 1 aromatic heterocycles. The van der Waals surface area contributed by atoms with E-state index in [0.29, 0.717) is 12.5 Å². The van der Waals surface area contributed by atoms with E-state index in [1.54, 1.807) is 0 Å². The number of hydrogen-bond donors (Lipinski definition) is 3. The fourth-order valence-electron chi connectivity index (χ4n) is 6.16. The van der Waals surface area contributed by atoms with Gasteiger partial charge in [-0.15, -0.1) is 0 Å². The maximum absolute atomic E-state index is 13.3. The van der Waals surface area contributed by atoms with Crippen molar-refractivity contribution in [3.63, 3.8) is 0 Å². The lowest BCUT2D eigenvalue weighted by Gasteiger charge is -2.28. The number of amides is 1. The Balaban J connectivity index is 1.40. The van der Waals surface area contributed by atoms with Gasteiger partial charge in [-0.25, -0.2) is 0 Å². The minimum Gasteiger partial charge on any atom is -0.396 e. The zero-order chi connectivity index (χ0) is 20.7. The number of aliphatic hydroxyl groups excluding tert-OH is 1. The Morgan fingerprint density at radius 1 is 1.20 bits per heavy atom. The third kappa shape index (κ3) is 3.44. The molecular weight excluding hydrogens is 378 g/mol. The van der Waals surface area contributed by atoms with Gasteiger partial charge in [0.15, 0.2) is 0 Å². The van der Waals surface area contributed by atoms with Crippen LogP contribution in [0.25, 0.3) is 5.57 Å². The van der Waals surface area contributed by atoms with Crippen LogP contribution >= 0.6 is 0 Å². The standard InChI is InChI=1S/C24H33N3O3/c28-14-18-19-13-27-20(11-10-17(24(27)30)16-8-4-5-9-16)22(26-19)21(18)23(29)25-12-15-6-2-1-3-7-15/h8,10-11,15,18-19,21-22,26,28H,1-7,9,12-14H2,(H,25,29)/t18-,19-,21+,22+/m0/s1. The van der Waals surface area contributed by atoms with Gasteiger partial charge in [-0.3, -0.25) is 9.59 Å². The second-order valence-electron chi connectivity index (χ2n) is 9.58. The quantitative estimate of drug-likeness (QED) is 0.695. The third-order valence-corrected chi connectivity index (χ3v) is 7.83. The molecule has 1 saturated carbocycles. The number of allylic oxidation sites excluding steroid dienone is 2. The van der Waals surface area contributed by atoms with Crippen molar-refractivity contribution in [2.75, 3.05) is 13.2 Å². The topological polar surface area (TPSA) is 83.4 Å². The van der Waals surface area contributed by atoms with E-state index >= 15 is 0 Å². The number of pyridine rings is 1. The molecule has 2 bridgehead atoms. The van der Waals surface area contributed by atoms with Gasteiger partial charge in [0, 0.05) is 42.9 Å². The van der Waals surface area contributed by atoms with Crippen LogP contribution in [0.5, 0.6) is 0 Å². The first-order valence-electron chi connectivity index (χ1n) is 11.7. The molecule has 0 spiro atoms. The van der Waals surface area contributed by atoms with Gasteiger partial charge in [0.05, 0.1) is 12.0 Å². The number of carbonyl (C=O) groups excluding carboxylic acids is 1. The first kappa shape index (κ1) is 20.0. The normalized spacial score (nSPS) is 30.8. The number of hydrogen-bond acceptors (Lipinski definition) is 4.